The number of hydrogen-bond acceptors (Lipinski definition) is 5. The van der Waals surface area contributed by atoms with Gasteiger partial charge in [0.25, 0.3) is 5.91 Å². The Hall–Kier alpha value is -2.31. The maximum Gasteiger partial charge on any atom is 0.270 e. The smallest absolute Gasteiger partial charge is 0.270 e. The lowest BCUT2D eigenvalue weighted by molar-refractivity contribution is -0.113. The Labute approximate surface area is 162 Å². The molecule has 0 unspecified atom stereocenters. The molecule has 0 bridgehead atoms. The first-order valence-corrected chi connectivity index (χ1v) is 9.25. The average Bonchev–Trinajstić information content (AvgIpc) is 2.89. The van der Waals surface area contributed by atoms with Gasteiger partial charge in [0.15, 0.2) is 15.8 Å². The van der Waals surface area contributed by atoms with Gasteiger partial charge in [-0.05, 0) is 37.6 Å². The molecule has 1 saturated heterocycles. The number of carbonyl (C=O) groups excluding carboxylic acids is 1. The molecule has 1 aliphatic rings. The van der Waals surface area contributed by atoms with Crippen molar-refractivity contribution in [3.63, 3.8) is 0 Å². The van der Waals surface area contributed by atoms with Gasteiger partial charge < -0.3 is 9.47 Å². The number of para-hydroxylation sites is 1. The van der Waals surface area contributed by atoms with Crippen LogP contribution in [-0.2, 0) is 4.79 Å². The number of ether oxygens (including phenoxy) is 2. The van der Waals surface area contributed by atoms with Gasteiger partial charge in [0, 0.05) is 5.56 Å². The van der Waals surface area contributed by atoms with Gasteiger partial charge in [-0.1, -0.05) is 53.8 Å². The lowest BCUT2D eigenvalue weighted by Gasteiger charge is -2.17. The molecular weight excluding hydrogens is 366 g/mol. The summed E-state index contributed by atoms with van der Waals surface area (Å²) in [6.45, 7) is 4.01. The molecule has 4 nitrogen and oxygen atoms in total. The van der Waals surface area contributed by atoms with Crippen LogP contribution in [0, 0.1) is 13.8 Å². The highest BCUT2D eigenvalue weighted by Crippen LogP contribution is 2.39. The van der Waals surface area contributed by atoms with Gasteiger partial charge in [-0.3, -0.25) is 9.69 Å². The summed E-state index contributed by atoms with van der Waals surface area (Å²) >= 11 is 6.76. The number of thioether (sulfide) groups is 1. The Balaban J connectivity index is 2.01. The van der Waals surface area contributed by atoms with Crippen LogP contribution in [0.25, 0.3) is 6.08 Å². The van der Waals surface area contributed by atoms with Crippen LogP contribution >= 0.6 is 24.0 Å². The third-order valence-corrected chi connectivity index (χ3v) is 5.41. The molecule has 0 aromatic heterocycles. The second kappa shape index (κ2) is 7.51. The van der Waals surface area contributed by atoms with Crippen LogP contribution in [0.5, 0.6) is 11.5 Å². The van der Waals surface area contributed by atoms with Gasteiger partial charge in [0.2, 0.25) is 0 Å². The van der Waals surface area contributed by atoms with E-state index in [1.54, 1.807) is 25.2 Å². The zero-order valence-corrected chi connectivity index (χ0v) is 16.7. The molecule has 0 spiro atoms. The van der Waals surface area contributed by atoms with Crippen LogP contribution in [0.15, 0.2) is 41.3 Å². The molecule has 134 valence electrons. The average molecular weight is 386 g/mol. The zero-order valence-electron chi connectivity index (χ0n) is 15.0. The van der Waals surface area contributed by atoms with Gasteiger partial charge in [0.05, 0.1) is 24.8 Å². The summed E-state index contributed by atoms with van der Waals surface area (Å²) in [5.41, 5.74) is 3.75. The number of hydrogen-bond donors (Lipinski definition) is 0. The van der Waals surface area contributed by atoms with E-state index in [9.17, 15) is 4.79 Å². The van der Waals surface area contributed by atoms with E-state index >= 15 is 0 Å². The summed E-state index contributed by atoms with van der Waals surface area (Å²) in [6.07, 6.45) is 1.80. The SMILES string of the molecule is COc1cccc(C=C2SC(=S)N(c3ccc(C)cc3C)C2=O)c1OC. The van der Waals surface area contributed by atoms with E-state index in [1.165, 1.54) is 11.8 Å². The number of methoxy groups -OCH3 is 2. The molecule has 1 fully saturated rings. The maximum absolute atomic E-state index is 13.0. The molecule has 0 aliphatic carbocycles. The van der Waals surface area contributed by atoms with Crippen molar-refractivity contribution in [2.75, 3.05) is 19.1 Å². The first-order chi connectivity index (χ1) is 12.5. The van der Waals surface area contributed by atoms with E-state index in [1.807, 2.05) is 50.2 Å². The molecule has 1 amide bonds. The van der Waals surface area contributed by atoms with Crippen molar-refractivity contribution in [3.05, 3.63) is 58.0 Å². The third kappa shape index (κ3) is 3.34. The molecule has 2 aromatic rings. The highest BCUT2D eigenvalue weighted by Gasteiger charge is 2.34. The van der Waals surface area contributed by atoms with Crippen molar-refractivity contribution in [1.82, 2.24) is 0 Å². The Bertz CT molecular complexity index is 921. The predicted octanol–water partition coefficient (Wildman–Crippen LogP) is 4.73. The summed E-state index contributed by atoms with van der Waals surface area (Å²) in [5.74, 6) is 1.08. The van der Waals surface area contributed by atoms with E-state index in [-0.39, 0.29) is 5.91 Å². The molecule has 0 radical (unpaired) electrons. The van der Waals surface area contributed by atoms with E-state index in [4.69, 9.17) is 21.7 Å². The molecule has 0 N–H and O–H groups in total. The second-order valence-electron chi connectivity index (χ2n) is 5.89. The van der Waals surface area contributed by atoms with E-state index in [0.29, 0.717) is 20.7 Å². The molecule has 6 heteroatoms. The van der Waals surface area contributed by atoms with Crippen LogP contribution in [0.3, 0.4) is 0 Å². The number of carbonyl (C=O) groups is 1. The first-order valence-electron chi connectivity index (χ1n) is 8.02. The molecule has 3 rings (SSSR count). The fourth-order valence-electron chi connectivity index (χ4n) is 2.90. The minimum atomic E-state index is -0.128. The van der Waals surface area contributed by atoms with E-state index in [2.05, 4.69) is 0 Å². The lowest BCUT2D eigenvalue weighted by atomic mass is 10.1. The monoisotopic (exact) mass is 385 g/mol. The number of benzene rings is 2. The topological polar surface area (TPSA) is 38.8 Å². The number of amides is 1. The van der Waals surface area contributed by atoms with Crippen LogP contribution in [0.2, 0.25) is 0 Å². The summed E-state index contributed by atoms with van der Waals surface area (Å²) in [7, 11) is 3.16. The Morgan fingerprint density at radius 2 is 1.88 bits per heavy atom. The minimum absolute atomic E-state index is 0.128. The Morgan fingerprint density at radius 3 is 2.54 bits per heavy atom. The summed E-state index contributed by atoms with van der Waals surface area (Å²) in [5, 5.41) is 0. The number of nitrogens with zero attached hydrogens (tertiary/aromatic N) is 1. The van der Waals surface area contributed by atoms with E-state index in [0.717, 1.165) is 22.4 Å². The van der Waals surface area contributed by atoms with Crippen LogP contribution in [0.4, 0.5) is 5.69 Å². The summed E-state index contributed by atoms with van der Waals surface area (Å²) in [6, 6.07) is 11.5. The van der Waals surface area contributed by atoms with Crippen molar-refractivity contribution >= 4 is 46.0 Å². The van der Waals surface area contributed by atoms with Crippen molar-refractivity contribution in [2.45, 2.75) is 13.8 Å². The molecule has 0 atom stereocenters. The van der Waals surface area contributed by atoms with Gasteiger partial charge >= 0.3 is 0 Å². The number of rotatable bonds is 4. The minimum Gasteiger partial charge on any atom is -0.493 e. The molecular formula is C20H19NO3S2. The van der Waals surface area contributed by atoms with Crippen molar-refractivity contribution in [1.29, 1.82) is 0 Å². The summed E-state index contributed by atoms with van der Waals surface area (Å²) < 4.78 is 11.3. The number of anilines is 1. The highest BCUT2D eigenvalue weighted by molar-refractivity contribution is 8.27. The quantitative estimate of drug-likeness (QED) is 0.562. The summed E-state index contributed by atoms with van der Waals surface area (Å²) in [4.78, 5) is 15.1. The van der Waals surface area contributed by atoms with Crippen molar-refractivity contribution < 1.29 is 14.3 Å². The zero-order chi connectivity index (χ0) is 18.8. The van der Waals surface area contributed by atoms with E-state index < -0.39 is 0 Å². The maximum atomic E-state index is 13.0. The molecule has 1 aliphatic heterocycles. The van der Waals surface area contributed by atoms with Gasteiger partial charge in [-0.15, -0.1) is 0 Å². The highest BCUT2D eigenvalue weighted by atomic mass is 32.2. The predicted molar refractivity (Wildman–Crippen MR) is 111 cm³/mol. The van der Waals surface area contributed by atoms with Crippen molar-refractivity contribution in [2.24, 2.45) is 0 Å². The fourth-order valence-corrected chi connectivity index (χ4v) is 4.17. The Kier molecular flexibility index (Phi) is 5.34. The molecule has 1 heterocycles. The van der Waals surface area contributed by atoms with Gasteiger partial charge in [0.1, 0.15) is 0 Å². The molecule has 0 saturated carbocycles. The second-order valence-corrected chi connectivity index (χ2v) is 7.57. The standard InChI is InChI=1S/C20H19NO3S2/c1-12-8-9-15(13(2)10-12)21-19(22)17(26-20(21)25)11-14-6-5-7-16(23-3)18(14)24-4/h5-11H,1-4H3. The molecule has 26 heavy (non-hydrogen) atoms. The number of thiocarbonyl (C=S) groups is 1. The van der Waals surface area contributed by atoms with Crippen LogP contribution in [-0.4, -0.2) is 24.4 Å². The van der Waals surface area contributed by atoms with Gasteiger partial charge in [-0.25, -0.2) is 0 Å². The van der Waals surface area contributed by atoms with Gasteiger partial charge in [-0.2, -0.15) is 0 Å². The normalized spacial score (nSPS) is 15.7. The first kappa shape index (κ1) is 18.5. The largest absolute Gasteiger partial charge is 0.493 e. The Morgan fingerprint density at radius 1 is 1.12 bits per heavy atom. The fraction of sp³-hybridized carbons (Fsp3) is 0.200. The van der Waals surface area contributed by atoms with Crippen molar-refractivity contribution in [3.8, 4) is 11.5 Å². The lowest BCUT2D eigenvalue weighted by Crippen LogP contribution is -2.28. The van der Waals surface area contributed by atoms with Crippen LogP contribution < -0.4 is 14.4 Å². The van der Waals surface area contributed by atoms with Crippen LogP contribution in [0.1, 0.15) is 16.7 Å². The molecule has 2 aromatic carbocycles. The number of aryl methyl sites for hydroxylation is 2. The third-order valence-electron chi connectivity index (χ3n) is 4.11.